The van der Waals surface area contributed by atoms with E-state index in [9.17, 15) is 32.9 Å². The Bertz CT molecular complexity index is 1150. The minimum absolute atomic E-state index is 0.338. The zero-order valence-electron chi connectivity index (χ0n) is 15.3. The van der Waals surface area contributed by atoms with Crippen molar-refractivity contribution in [3.8, 4) is 0 Å². The van der Waals surface area contributed by atoms with Gasteiger partial charge in [0.15, 0.2) is 22.8 Å². The van der Waals surface area contributed by atoms with Gasteiger partial charge in [0.05, 0.1) is 6.20 Å². The number of aromatic amines is 1. The molecule has 0 saturated carbocycles. The number of hydrogen-bond donors (Lipinski definition) is 6. The predicted octanol–water partition coefficient (Wildman–Crippen LogP) is 0.672. The van der Waals surface area contributed by atoms with Gasteiger partial charge in [-0.1, -0.05) is 0 Å². The van der Waals surface area contributed by atoms with Crippen LogP contribution < -0.4 is 5.56 Å². The molecule has 1 aromatic rings. The number of aromatic nitrogens is 2. The zero-order chi connectivity index (χ0) is 24.9. The Kier molecular flexibility index (Phi) is 7.53. The summed E-state index contributed by atoms with van der Waals surface area (Å²) < 4.78 is 92.4. The average Bonchev–Trinajstić information content (AvgIpc) is 2.74. The quantitative estimate of drug-likeness (QED) is 0.193. The fourth-order valence-corrected chi connectivity index (χ4v) is 5.75. The zero-order valence-corrected chi connectivity index (χ0v) is 18.8. The molecule has 1 saturated heterocycles. The number of hydrogen-bond acceptors (Lipinski definition) is 10. The third-order valence-electron chi connectivity index (χ3n) is 3.75. The van der Waals surface area contributed by atoms with Crippen molar-refractivity contribution in [2.75, 3.05) is 6.61 Å². The van der Waals surface area contributed by atoms with E-state index in [2.05, 4.69) is 17.9 Å². The minimum atomic E-state index is -5.93. The summed E-state index contributed by atoms with van der Waals surface area (Å²) in [4.78, 5) is 48.3. The van der Waals surface area contributed by atoms with Gasteiger partial charge in [-0.15, -0.1) is 0 Å². The molecule has 6 N–H and O–H groups in total. The summed E-state index contributed by atoms with van der Waals surface area (Å²) in [6.07, 6.45) is -4.74. The van der Waals surface area contributed by atoms with Gasteiger partial charge in [-0.25, -0.2) is 22.5 Å². The molecule has 6 unspecified atom stereocenters. The van der Waals surface area contributed by atoms with Crippen LogP contribution in [0.15, 0.2) is 11.0 Å². The monoisotopic (exact) mass is 552 g/mol. The highest BCUT2D eigenvalue weighted by Crippen LogP contribution is 2.66. The van der Waals surface area contributed by atoms with Crippen molar-refractivity contribution in [1.82, 2.24) is 9.55 Å². The second-order valence-electron chi connectivity index (χ2n) is 6.32. The van der Waals surface area contributed by atoms with Gasteiger partial charge in [0.1, 0.15) is 6.61 Å². The first-order valence-electron chi connectivity index (χ1n) is 7.72. The van der Waals surface area contributed by atoms with Gasteiger partial charge in [-0.3, -0.25) is 18.9 Å². The van der Waals surface area contributed by atoms with Crippen molar-refractivity contribution < 1.29 is 69.4 Å². The van der Waals surface area contributed by atoms with Gasteiger partial charge in [-0.05, 0) is 19.1 Å². The topological polar surface area (TPSA) is 227 Å². The van der Waals surface area contributed by atoms with Gasteiger partial charge in [-0.2, -0.15) is 13.0 Å². The van der Waals surface area contributed by atoms with Crippen LogP contribution in [0.1, 0.15) is 13.2 Å². The Labute approximate surface area is 179 Å². The van der Waals surface area contributed by atoms with Crippen molar-refractivity contribution in [2.45, 2.75) is 30.8 Å². The van der Waals surface area contributed by atoms with Crippen molar-refractivity contribution >= 4 is 35.7 Å². The van der Waals surface area contributed by atoms with Crippen LogP contribution in [0.4, 0.5) is 13.2 Å². The standard InChI is InChI=1S/C10H14F3N2O13P3S/c1-9(12)6(17)10(13,26-7(9)15-2-4(11)5(16)14-8(15)32)3-25-30(21,22)28-31(23,24)27-29(18,19)20/h2,6-7,17H,3H2,1H3,(H,21,22)(H,23,24)(H,14,16,32)(H2,18,19,20). The minimum Gasteiger partial charge on any atom is -0.384 e. The summed E-state index contributed by atoms with van der Waals surface area (Å²) in [5.74, 6) is -5.18. The lowest BCUT2D eigenvalue weighted by molar-refractivity contribution is -0.204. The van der Waals surface area contributed by atoms with E-state index in [1.807, 2.05) is 0 Å². The molecule has 2 heterocycles. The van der Waals surface area contributed by atoms with Crippen molar-refractivity contribution in [3.63, 3.8) is 0 Å². The third-order valence-corrected chi connectivity index (χ3v) is 7.85. The van der Waals surface area contributed by atoms with Gasteiger partial charge < -0.3 is 29.4 Å². The Morgan fingerprint density at radius 2 is 1.78 bits per heavy atom. The molecular formula is C10H14F3N2O13P3S. The predicted molar refractivity (Wildman–Crippen MR) is 95.1 cm³/mol. The molecule has 15 nitrogen and oxygen atoms in total. The molecule has 32 heavy (non-hydrogen) atoms. The molecule has 1 fully saturated rings. The Hall–Kier alpha value is -0.780. The van der Waals surface area contributed by atoms with E-state index in [0.717, 1.165) is 0 Å². The lowest BCUT2D eigenvalue weighted by atomic mass is 9.97. The number of phosphoric ester groups is 1. The van der Waals surface area contributed by atoms with Crippen LogP contribution in [-0.2, 0) is 31.6 Å². The number of alkyl halides is 2. The van der Waals surface area contributed by atoms with Crippen LogP contribution in [0.2, 0.25) is 0 Å². The Morgan fingerprint density at radius 1 is 1.22 bits per heavy atom. The molecule has 0 spiro atoms. The number of aliphatic hydroxyl groups excluding tert-OH is 1. The third kappa shape index (κ3) is 6.21. The van der Waals surface area contributed by atoms with Gasteiger partial charge in [0, 0.05) is 0 Å². The molecule has 22 heteroatoms. The highest BCUT2D eigenvalue weighted by molar-refractivity contribution is 7.71. The maximum Gasteiger partial charge on any atom is 0.490 e. The van der Waals surface area contributed by atoms with Crippen LogP contribution in [-0.4, -0.2) is 58.5 Å². The first-order chi connectivity index (χ1) is 14.2. The number of H-pyrrole nitrogens is 1. The summed E-state index contributed by atoms with van der Waals surface area (Å²) in [5.41, 5.74) is -4.43. The number of nitrogens with zero attached hydrogens (tertiary/aromatic N) is 1. The largest absolute Gasteiger partial charge is 0.490 e. The van der Waals surface area contributed by atoms with E-state index < -0.39 is 70.1 Å². The number of nitrogens with one attached hydrogen (secondary N) is 1. The summed E-state index contributed by atoms with van der Waals surface area (Å²) in [6, 6.07) is 0. The van der Waals surface area contributed by atoms with E-state index >= 15 is 8.78 Å². The molecule has 0 radical (unpaired) electrons. The summed E-state index contributed by atoms with van der Waals surface area (Å²) in [5, 5.41) is 9.99. The van der Waals surface area contributed by atoms with E-state index in [4.69, 9.17) is 26.9 Å². The fourth-order valence-electron chi connectivity index (χ4n) is 2.47. The first kappa shape index (κ1) is 27.5. The molecule has 1 aliphatic rings. The first-order valence-corrected chi connectivity index (χ1v) is 12.7. The van der Waals surface area contributed by atoms with Crippen LogP contribution >= 0.6 is 35.7 Å². The molecule has 0 aliphatic carbocycles. The number of halogens is 3. The fraction of sp³-hybridized carbons (Fsp3) is 0.600. The van der Waals surface area contributed by atoms with E-state index in [1.54, 1.807) is 4.98 Å². The summed E-state index contributed by atoms with van der Waals surface area (Å²) in [6.45, 7) is -1.30. The second-order valence-corrected chi connectivity index (χ2v) is 11.1. The Morgan fingerprint density at radius 3 is 2.31 bits per heavy atom. The highest BCUT2D eigenvalue weighted by atomic mass is 32.1. The van der Waals surface area contributed by atoms with Gasteiger partial charge in [0.25, 0.3) is 11.4 Å². The average molecular weight is 552 g/mol. The second kappa shape index (κ2) is 8.78. The number of ether oxygens (including phenoxy) is 1. The van der Waals surface area contributed by atoms with Crippen LogP contribution in [0.3, 0.4) is 0 Å². The summed E-state index contributed by atoms with van der Waals surface area (Å²) >= 11 is 4.70. The van der Waals surface area contributed by atoms with Gasteiger partial charge >= 0.3 is 23.5 Å². The van der Waals surface area contributed by atoms with E-state index in [0.29, 0.717) is 17.7 Å². The van der Waals surface area contributed by atoms with Crippen LogP contribution in [0.5, 0.6) is 0 Å². The van der Waals surface area contributed by atoms with E-state index in [1.165, 1.54) is 0 Å². The number of phosphoric acid groups is 3. The molecule has 184 valence electrons. The van der Waals surface area contributed by atoms with Gasteiger partial charge in [0.2, 0.25) is 5.82 Å². The maximum absolute atomic E-state index is 15.1. The maximum atomic E-state index is 15.1. The highest BCUT2D eigenvalue weighted by Gasteiger charge is 2.65. The van der Waals surface area contributed by atoms with Crippen LogP contribution in [0.25, 0.3) is 0 Å². The molecule has 0 bridgehead atoms. The lowest BCUT2D eigenvalue weighted by Gasteiger charge is -2.26. The molecule has 2 rings (SSSR count). The van der Waals surface area contributed by atoms with Crippen molar-refractivity contribution in [1.29, 1.82) is 0 Å². The molecule has 1 aliphatic heterocycles. The smallest absolute Gasteiger partial charge is 0.384 e. The van der Waals surface area contributed by atoms with Crippen LogP contribution in [0, 0.1) is 10.6 Å². The SMILES string of the molecule is CC1(F)C(n2cc(F)c(=O)[nH]c2=S)OC(F)(COP(=O)(O)OP(=O)(O)OP(=O)(O)O)C1O. The normalized spacial score (nSPS) is 32.4. The molecular weight excluding hydrogens is 538 g/mol. The number of aliphatic hydroxyl groups is 1. The molecule has 1 aromatic heterocycles. The van der Waals surface area contributed by atoms with E-state index in [-0.39, 0.29) is 0 Å². The number of rotatable bonds is 8. The lowest BCUT2D eigenvalue weighted by Crippen LogP contribution is -2.46. The molecule has 6 atom stereocenters. The van der Waals surface area contributed by atoms with Crippen molar-refractivity contribution in [2.24, 2.45) is 0 Å². The molecule has 0 aromatic carbocycles. The molecule has 0 amide bonds. The Balaban J connectivity index is 2.26. The summed E-state index contributed by atoms with van der Waals surface area (Å²) in [7, 11) is -17.5. The van der Waals surface area contributed by atoms with Crippen molar-refractivity contribution in [3.05, 3.63) is 27.1 Å².